The standard InChI is InChI=1S/C31H32ClN3O4/c1-2-3-15-35-26(29(32)33-30(35)24-7-5-4-6-8-24)21-34(19-22-9-12-25(13-10-22)31(36)37)20-23-11-14-27-28(18-23)39-17-16-38-27/h4-14,18H,2-3,15-17,19-21H2,1H3,(H,36,37). The zero-order valence-electron chi connectivity index (χ0n) is 22.0. The summed E-state index contributed by atoms with van der Waals surface area (Å²) >= 11 is 6.82. The third-order valence-corrected chi connectivity index (χ3v) is 7.09. The number of unbranched alkanes of at least 4 members (excludes halogenated alkanes) is 1. The van der Waals surface area contributed by atoms with Crippen molar-refractivity contribution in [2.24, 2.45) is 0 Å². The summed E-state index contributed by atoms with van der Waals surface area (Å²) in [5.74, 6) is 1.44. The van der Waals surface area contributed by atoms with E-state index in [9.17, 15) is 9.90 Å². The summed E-state index contributed by atoms with van der Waals surface area (Å²) in [5.41, 5.74) is 4.36. The van der Waals surface area contributed by atoms with Crippen LogP contribution in [0.15, 0.2) is 72.8 Å². The van der Waals surface area contributed by atoms with Crippen molar-refractivity contribution < 1.29 is 19.4 Å². The average molecular weight is 546 g/mol. The van der Waals surface area contributed by atoms with Crippen molar-refractivity contribution in [1.82, 2.24) is 14.5 Å². The van der Waals surface area contributed by atoms with E-state index in [0.717, 1.165) is 59.1 Å². The molecule has 0 saturated carbocycles. The monoisotopic (exact) mass is 545 g/mol. The van der Waals surface area contributed by atoms with E-state index in [-0.39, 0.29) is 5.56 Å². The van der Waals surface area contributed by atoms with Gasteiger partial charge < -0.3 is 19.1 Å². The van der Waals surface area contributed by atoms with Crippen LogP contribution in [0.1, 0.15) is 46.9 Å². The number of benzene rings is 3. The lowest BCUT2D eigenvalue weighted by Gasteiger charge is -2.25. The highest BCUT2D eigenvalue weighted by Crippen LogP contribution is 2.32. The lowest BCUT2D eigenvalue weighted by atomic mass is 10.1. The molecule has 0 amide bonds. The number of halogens is 1. The molecule has 202 valence electrons. The van der Waals surface area contributed by atoms with Gasteiger partial charge in [-0.05, 0) is 41.8 Å². The second-order valence-electron chi connectivity index (χ2n) is 9.67. The maximum Gasteiger partial charge on any atom is 0.335 e. The Kier molecular flexibility index (Phi) is 8.49. The van der Waals surface area contributed by atoms with Crippen molar-refractivity contribution in [2.45, 2.75) is 45.9 Å². The van der Waals surface area contributed by atoms with E-state index in [1.54, 1.807) is 12.1 Å². The van der Waals surface area contributed by atoms with Gasteiger partial charge in [0, 0.05) is 31.7 Å². The number of carboxylic acids is 1. The van der Waals surface area contributed by atoms with Crippen molar-refractivity contribution in [2.75, 3.05) is 13.2 Å². The molecule has 0 saturated heterocycles. The zero-order valence-corrected chi connectivity index (χ0v) is 22.7. The largest absolute Gasteiger partial charge is 0.486 e. The summed E-state index contributed by atoms with van der Waals surface area (Å²) in [7, 11) is 0. The van der Waals surface area contributed by atoms with Gasteiger partial charge in [0.25, 0.3) is 0 Å². The first kappa shape index (κ1) is 26.8. The fourth-order valence-electron chi connectivity index (χ4n) is 4.81. The van der Waals surface area contributed by atoms with Gasteiger partial charge in [0.05, 0.1) is 11.3 Å². The van der Waals surface area contributed by atoms with E-state index in [4.69, 9.17) is 26.1 Å². The molecule has 2 heterocycles. The summed E-state index contributed by atoms with van der Waals surface area (Å²) in [5, 5.41) is 9.81. The molecule has 1 aliphatic heterocycles. The molecule has 4 aromatic rings. The van der Waals surface area contributed by atoms with Crippen LogP contribution in [0.25, 0.3) is 11.4 Å². The van der Waals surface area contributed by atoms with E-state index in [2.05, 4.69) is 34.6 Å². The molecule has 0 fully saturated rings. The highest BCUT2D eigenvalue weighted by molar-refractivity contribution is 6.30. The number of fused-ring (bicyclic) bond motifs is 1. The number of hydrogen-bond acceptors (Lipinski definition) is 5. The molecule has 0 bridgehead atoms. The van der Waals surface area contributed by atoms with Gasteiger partial charge in [-0.15, -0.1) is 0 Å². The first-order chi connectivity index (χ1) is 19.0. The highest BCUT2D eigenvalue weighted by atomic mass is 35.5. The Bertz CT molecular complexity index is 1420. The highest BCUT2D eigenvalue weighted by Gasteiger charge is 2.21. The summed E-state index contributed by atoms with van der Waals surface area (Å²) in [6, 6.07) is 23.2. The Morgan fingerprint density at radius 2 is 1.64 bits per heavy atom. The Labute approximate surface area is 233 Å². The van der Waals surface area contributed by atoms with E-state index in [1.807, 2.05) is 42.5 Å². The normalized spacial score (nSPS) is 12.6. The number of carbonyl (C=O) groups is 1. The molecule has 8 heteroatoms. The molecular formula is C31H32ClN3O4. The lowest BCUT2D eigenvalue weighted by Crippen LogP contribution is -2.25. The number of hydrogen-bond donors (Lipinski definition) is 1. The molecule has 0 atom stereocenters. The van der Waals surface area contributed by atoms with Gasteiger partial charge in [0.1, 0.15) is 19.0 Å². The second-order valence-corrected chi connectivity index (χ2v) is 10.0. The lowest BCUT2D eigenvalue weighted by molar-refractivity contribution is 0.0697. The number of ether oxygens (including phenoxy) is 2. The van der Waals surface area contributed by atoms with Crippen LogP contribution in [0.4, 0.5) is 0 Å². The summed E-state index contributed by atoms with van der Waals surface area (Å²) in [6.07, 6.45) is 2.07. The van der Waals surface area contributed by atoms with Gasteiger partial charge >= 0.3 is 5.97 Å². The molecule has 39 heavy (non-hydrogen) atoms. The first-order valence-corrected chi connectivity index (χ1v) is 13.6. The van der Waals surface area contributed by atoms with E-state index >= 15 is 0 Å². The third kappa shape index (κ3) is 6.44. The third-order valence-electron chi connectivity index (χ3n) is 6.78. The van der Waals surface area contributed by atoms with Crippen molar-refractivity contribution in [3.63, 3.8) is 0 Å². The van der Waals surface area contributed by atoms with Crippen LogP contribution in [0.5, 0.6) is 11.5 Å². The molecule has 0 spiro atoms. The summed E-state index contributed by atoms with van der Waals surface area (Å²) in [4.78, 5) is 18.4. The first-order valence-electron chi connectivity index (χ1n) is 13.2. The average Bonchev–Trinajstić information content (AvgIpc) is 3.27. The minimum Gasteiger partial charge on any atom is -0.486 e. The van der Waals surface area contributed by atoms with Crippen LogP contribution in [0, 0.1) is 0 Å². The predicted molar refractivity (Wildman–Crippen MR) is 151 cm³/mol. The van der Waals surface area contributed by atoms with Crippen molar-refractivity contribution in [3.05, 3.63) is 100 Å². The number of imidazole rings is 1. The smallest absolute Gasteiger partial charge is 0.335 e. The van der Waals surface area contributed by atoms with Crippen LogP contribution in [-0.4, -0.2) is 38.7 Å². The number of aromatic nitrogens is 2. The molecule has 1 N–H and O–H groups in total. The minimum absolute atomic E-state index is 0.269. The van der Waals surface area contributed by atoms with Crippen LogP contribution in [-0.2, 0) is 26.2 Å². The SMILES string of the molecule is CCCCn1c(-c2ccccc2)nc(Cl)c1CN(Cc1ccc(C(=O)O)cc1)Cc1ccc2c(c1)OCCO2. The molecule has 3 aromatic carbocycles. The van der Waals surface area contributed by atoms with Crippen molar-refractivity contribution in [3.8, 4) is 22.9 Å². The Balaban J connectivity index is 1.48. The molecule has 1 aromatic heterocycles. The van der Waals surface area contributed by atoms with E-state index < -0.39 is 5.97 Å². The topological polar surface area (TPSA) is 76.8 Å². The second kappa shape index (κ2) is 12.4. The van der Waals surface area contributed by atoms with Crippen molar-refractivity contribution >= 4 is 17.6 Å². The Morgan fingerprint density at radius 1 is 0.949 bits per heavy atom. The van der Waals surface area contributed by atoms with Gasteiger partial charge in [0.2, 0.25) is 0 Å². The Morgan fingerprint density at radius 3 is 2.36 bits per heavy atom. The van der Waals surface area contributed by atoms with Crippen LogP contribution >= 0.6 is 11.6 Å². The maximum atomic E-state index is 11.4. The van der Waals surface area contributed by atoms with Gasteiger partial charge in [-0.3, -0.25) is 4.90 Å². The van der Waals surface area contributed by atoms with Gasteiger partial charge in [-0.2, -0.15) is 0 Å². The molecule has 0 unspecified atom stereocenters. The van der Waals surface area contributed by atoms with Gasteiger partial charge in [-0.25, -0.2) is 9.78 Å². The number of carboxylic acid groups (broad SMARTS) is 1. The number of nitrogens with zero attached hydrogens (tertiary/aromatic N) is 3. The predicted octanol–water partition coefficient (Wildman–Crippen LogP) is 6.68. The molecular weight excluding hydrogens is 514 g/mol. The molecule has 0 radical (unpaired) electrons. The van der Waals surface area contributed by atoms with Crippen LogP contribution < -0.4 is 9.47 Å². The molecule has 0 aliphatic carbocycles. The molecule has 1 aliphatic rings. The fraction of sp³-hybridized carbons (Fsp3) is 0.290. The Hall–Kier alpha value is -3.81. The summed E-state index contributed by atoms with van der Waals surface area (Å²) < 4.78 is 13.8. The minimum atomic E-state index is -0.935. The quantitative estimate of drug-likeness (QED) is 0.227. The molecule has 5 rings (SSSR count). The maximum absolute atomic E-state index is 11.4. The zero-order chi connectivity index (χ0) is 27.2. The number of rotatable bonds is 11. The van der Waals surface area contributed by atoms with Gasteiger partial charge in [0.15, 0.2) is 16.7 Å². The van der Waals surface area contributed by atoms with Crippen LogP contribution in [0.3, 0.4) is 0 Å². The van der Waals surface area contributed by atoms with E-state index in [1.165, 1.54) is 0 Å². The molecule has 7 nitrogen and oxygen atoms in total. The summed E-state index contributed by atoms with van der Waals surface area (Å²) in [6.45, 7) is 5.88. The number of aromatic carboxylic acids is 1. The van der Waals surface area contributed by atoms with Gasteiger partial charge in [-0.1, -0.05) is 73.5 Å². The van der Waals surface area contributed by atoms with E-state index in [0.29, 0.717) is 38.0 Å². The van der Waals surface area contributed by atoms with Crippen molar-refractivity contribution in [1.29, 1.82) is 0 Å². The van der Waals surface area contributed by atoms with Crippen LogP contribution in [0.2, 0.25) is 5.15 Å². The fourth-order valence-corrected chi connectivity index (χ4v) is 5.05.